The third kappa shape index (κ3) is 1.95. The zero-order valence-corrected chi connectivity index (χ0v) is 11.3. The fourth-order valence-electron chi connectivity index (χ4n) is 1.96. The fraction of sp³-hybridized carbons (Fsp3) is 0.333. The van der Waals surface area contributed by atoms with E-state index in [0.717, 1.165) is 22.4 Å². The molecule has 1 unspecified atom stereocenters. The Hall–Kier alpha value is -1.27. The van der Waals surface area contributed by atoms with Crippen LogP contribution < -0.4 is 0 Å². The second-order valence-electron chi connectivity index (χ2n) is 4.27. The highest BCUT2D eigenvalue weighted by molar-refractivity contribution is 9.10. The predicted molar refractivity (Wildman–Crippen MR) is 67.4 cm³/mol. The second-order valence-corrected chi connectivity index (χ2v) is 5.07. The van der Waals surface area contributed by atoms with Gasteiger partial charge in [-0.25, -0.2) is 4.39 Å². The Bertz CT molecular complexity index is 582. The van der Waals surface area contributed by atoms with Crippen molar-refractivity contribution in [1.29, 1.82) is 0 Å². The molecule has 2 aromatic heterocycles. The zero-order valence-electron chi connectivity index (χ0n) is 9.73. The summed E-state index contributed by atoms with van der Waals surface area (Å²) < 4.78 is 21.2. The summed E-state index contributed by atoms with van der Waals surface area (Å²) in [5.41, 5.74) is 2.37. The van der Waals surface area contributed by atoms with Crippen molar-refractivity contribution in [2.24, 2.45) is 0 Å². The van der Waals surface area contributed by atoms with Crippen molar-refractivity contribution >= 4 is 15.9 Å². The van der Waals surface area contributed by atoms with Crippen molar-refractivity contribution in [2.75, 3.05) is 0 Å². The second kappa shape index (κ2) is 4.44. The van der Waals surface area contributed by atoms with E-state index < -0.39 is 0 Å². The molecule has 2 aromatic rings. The average Bonchev–Trinajstić information content (AvgIpc) is 2.67. The first kappa shape index (κ1) is 11.8. The number of fused-ring (bicyclic) bond motifs is 1. The molecule has 94 valence electrons. The normalized spacial score (nSPS) is 18.7. The number of hydrogen-bond acceptors (Lipinski definition) is 3. The number of ether oxygens (including phenoxy) is 1. The van der Waals surface area contributed by atoms with Gasteiger partial charge in [0, 0.05) is 0 Å². The van der Waals surface area contributed by atoms with E-state index in [2.05, 4.69) is 26.0 Å². The Morgan fingerprint density at radius 2 is 2.33 bits per heavy atom. The minimum Gasteiger partial charge on any atom is -0.370 e. The SMILES string of the molecule is CC1Cn2nc(-c3ccc(F)cn3)c(Br)c2CO1. The standard InChI is InChI=1S/C12H11BrFN3O/c1-7-5-17-10(6-18-7)11(13)12(16-17)9-3-2-8(14)4-15-9/h2-4,7H,5-6H2,1H3. The topological polar surface area (TPSA) is 39.9 Å². The molecule has 0 radical (unpaired) electrons. The molecule has 0 aromatic carbocycles. The number of aromatic nitrogens is 3. The lowest BCUT2D eigenvalue weighted by Gasteiger charge is -2.20. The molecule has 1 aliphatic heterocycles. The molecule has 0 bridgehead atoms. The van der Waals surface area contributed by atoms with Crippen molar-refractivity contribution in [3.8, 4) is 11.4 Å². The summed E-state index contributed by atoms with van der Waals surface area (Å²) in [5.74, 6) is -0.351. The smallest absolute Gasteiger partial charge is 0.141 e. The molecule has 1 atom stereocenters. The van der Waals surface area contributed by atoms with E-state index >= 15 is 0 Å². The maximum absolute atomic E-state index is 12.9. The van der Waals surface area contributed by atoms with Gasteiger partial charge in [0.2, 0.25) is 0 Å². The van der Waals surface area contributed by atoms with Gasteiger partial charge in [0.05, 0.1) is 41.3 Å². The van der Waals surface area contributed by atoms with Crippen LogP contribution in [0.25, 0.3) is 11.4 Å². The van der Waals surface area contributed by atoms with Gasteiger partial charge in [-0.15, -0.1) is 0 Å². The van der Waals surface area contributed by atoms with Crippen LogP contribution in [0.4, 0.5) is 4.39 Å². The Morgan fingerprint density at radius 1 is 1.50 bits per heavy atom. The Labute approximate surface area is 112 Å². The predicted octanol–water partition coefficient (Wildman–Crippen LogP) is 2.77. The van der Waals surface area contributed by atoms with E-state index in [4.69, 9.17) is 4.74 Å². The quantitative estimate of drug-likeness (QED) is 0.813. The average molecular weight is 312 g/mol. The first-order valence-electron chi connectivity index (χ1n) is 5.64. The largest absolute Gasteiger partial charge is 0.370 e. The highest BCUT2D eigenvalue weighted by Crippen LogP contribution is 2.31. The summed E-state index contributed by atoms with van der Waals surface area (Å²) in [6.45, 7) is 3.25. The molecule has 3 rings (SSSR count). The van der Waals surface area contributed by atoms with E-state index in [1.165, 1.54) is 12.3 Å². The van der Waals surface area contributed by atoms with Gasteiger partial charge >= 0.3 is 0 Å². The van der Waals surface area contributed by atoms with Gasteiger partial charge in [-0.2, -0.15) is 5.10 Å². The molecule has 0 amide bonds. The Morgan fingerprint density at radius 3 is 3.06 bits per heavy atom. The number of pyridine rings is 1. The zero-order chi connectivity index (χ0) is 12.7. The van der Waals surface area contributed by atoms with Crippen LogP contribution in [0.1, 0.15) is 12.6 Å². The number of halogens is 2. The van der Waals surface area contributed by atoms with E-state index in [-0.39, 0.29) is 11.9 Å². The molecule has 18 heavy (non-hydrogen) atoms. The van der Waals surface area contributed by atoms with Crippen LogP contribution in [0.5, 0.6) is 0 Å². The molecule has 0 spiro atoms. The highest BCUT2D eigenvalue weighted by atomic mass is 79.9. The van der Waals surface area contributed by atoms with Gasteiger partial charge in [0.25, 0.3) is 0 Å². The maximum Gasteiger partial charge on any atom is 0.141 e. The molecule has 0 N–H and O–H groups in total. The third-order valence-electron chi connectivity index (χ3n) is 2.90. The van der Waals surface area contributed by atoms with Crippen molar-refractivity contribution in [3.05, 3.63) is 34.3 Å². The molecule has 1 aliphatic rings. The van der Waals surface area contributed by atoms with Crippen LogP contribution in [0.3, 0.4) is 0 Å². The monoisotopic (exact) mass is 311 g/mol. The van der Waals surface area contributed by atoms with Crippen LogP contribution in [0.2, 0.25) is 0 Å². The van der Waals surface area contributed by atoms with Crippen LogP contribution in [0, 0.1) is 5.82 Å². The molecule has 0 fully saturated rings. The molecule has 0 saturated carbocycles. The lowest BCUT2D eigenvalue weighted by molar-refractivity contribution is 0.0120. The van der Waals surface area contributed by atoms with Crippen LogP contribution >= 0.6 is 15.9 Å². The summed E-state index contributed by atoms with van der Waals surface area (Å²) >= 11 is 3.52. The minimum atomic E-state index is -0.351. The molecule has 0 saturated heterocycles. The minimum absolute atomic E-state index is 0.151. The number of rotatable bonds is 1. The van der Waals surface area contributed by atoms with Gasteiger partial charge in [-0.3, -0.25) is 9.67 Å². The fourth-order valence-corrected chi connectivity index (χ4v) is 2.56. The van der Waals surface area contributed by atoms with Crippen molar-refractivity contribution in [1.82, 2.24) is 14.8 Å². The molecular formula is C12H11BrFN3O. The lowest BCUT2D eigenvalue weighted by Crippen LogP contribution is -2.25. The van der Waals surface area contributed by atoms with Crippen LogP contribution in [-0.2, 0) is 17.9 Å². The molecule has 4 nitrogen and oxygen atoms in total. The maximum atomic E-state index is 12.9. The van der Waals surface area contributed by atoms with Crippen LogP contribution in [0.15, 0.2) is 22.8 Å². The van der Waals surface area contributed by atoms with Gasteiger partial charge in [-0.1, -0.05) is 0 Å². The van der Waals surface area contributed by atoms with E-state index in [0.29, 0.717) is 12.3 Å². The molecular weight excluding hydrogens is 301 g/mol. The van der Waals surface area contributed by atoms with E-state index in [1.54, 1.807) is 6.07 Å². The third-order valence-corrected chi connectivity index (χ3v) is 3.73. The summed E-state index contributed by atoms with van der Waals surface area (Å²) in [5, 5.41) is 4.51. The van der Waals surface area contributed by atoms with E-state index in [9.17, 15) is 4.39 Å². The molecule has 6 heteroatoms. The number of nitrogens with zero attached hydrogens (tertiary/aromatic N) is 3. The summed E-state index contributed by atoms with van der Waals surface area (Å²) in [6, 6.07) is 3.00. The van der Waals surface area contributed by atoms with Crippen molar-refractivity contribution < 1.29 is 9.13 Å². The van der Waals surface area contributed by atoms with Crippen molar-refractivity contribution in [3.63, 3.8) is 0 Å². The first-order valence-corrected chi connectivity index (χ1v) is 6.43. The van der Waals surface area contributed by atoms with Crippen LogP contribution in [-0.4, -0.2) is 20.9 Å². The van der Waals surface area contributed by atoms with Gasteiger partial charge in [0.15, 0.2) is 0 Å². The summed E-state index contributed by atoms with van der Waals surface area (Å²) in [4.78, 5) is 4.05. The molecule has 3 heterocycles. The summed E-state index contributed by atoms with van der Waals surface area (Å²) in [7, 11) is 0. The molecule has 0 aliphatic carbocycles. The van der Waals surface area contributed by atoms with Gasteiger partial charge in [-0.05, 0) is 35.0 Å². The number of hydrogen-bond donors (Lipinski definition) is 0. The Kier molecular flexibility index (Phi) is 2.91. The van der Waals surface area contributed by atoms with Crippen molar-refractivity contribution in [2.45, 2.75) is 26.2 Å². The van der Waals surface area contributed by atoms with Gasteiger partial charge in [0.1, 0.15) is 11.5 Å². The lowest BCUT2D eigenvalue weighted by atomic mass is 10.2. The summed E-state index contributed by atoms with van der Waals surface area (Å²) in [6.07, 6.45) is 1.34. The van der Waals surface area contributed by atoms with Gasteiger partial charge < -0.3 is 4.74 Å². The first-order chi connectivity index (χ1) is 8.65. The highest BCUT2D eigenvalue weighted by Gasteiger charge is 2.23. The Balaban J connectivity index is 2.06. The van der Waals surface area contributed by atoms with E-state index in [1.807, 2.05) is 11.6 Å².